The molecule has 0 unspecified atom stereocenters. The lowest BCUT2D eigenvalue weighted by Gasteiger charge is -2.09. The van der Waals surface area contributed by atoms with E-state index in [1.807, 2.05) is 66.7 Å². The van der Waals surface area contributed by atoms with Crippen molar-refractivity contribution in [3.63, 3.8) is 0 Å². The molecule has 0 atom stereocenters. The molecule has 0 heterocycles. The van der Waals surface area contributed by atoms with Gasteiger partial charge >= 0.3 is 0 Å². The predicted octanol–water partition coefficient (Wildman–Crippen LogP) is 5.07. The van der Waals surface area contributed by atoms with E-state index in [0.29, 0.717) is 16.7 Å². The average molecular weight is 391 g/mol. The van der Waals surface area contributed by atoms with Crippen LogP contribution in [-0.2, 0) is 5.75 Å². The average Bonchev–Trinajstić information content (AvgIpc) is 2.74. The summed E-state index contributed by atoms with van der Waals surface area (Å²) in [4.78, 5) is 0. The second-order valence-corrected chi connectivity index (χ2v) is 6.77. The Hall–Kier alpha value is -3.25. The zero-order valence-electron chi connectivity index (χ0n) is 15.5. The fourth-order valence-electron chi connectivity index (χ4n) is 2.38. The molecule has 5 nitrogen and oxygen atoms in total. The monoisotopic (exact) mass is 391 g/mol. The number of methoxy groups -OCH3 is 1. The van der Waals surface area contributed by atoms with Gasteiger partial charge in [0.05, 0.1) is 13.3 Å². The van der Waals surface area contributed by atoms with E-state index in [9.17, 15) is 0 Å². The van der Waals surface area contributed by atoms with Gasteiger partial charge in [0.15, 0.2) is 5.17 Å². The number of para-hydroxylation sites is 1. The first-order valence-electron chi connectivity index (χ1n) is 8.69. The van der Waals surface area contributed by atoms with Gasteiger partial charge in [-0.25, -0.2) is 0 Å². The minimum atomic E-state index is 0.409. The fraction of sp³-hybridized carbons (Fsp3) is 0.0909. The Bertz CT molecular complexity index is 959. The Morgan fingerprint density at radius 2 is 1.71 bits per heavy atom. The first-order chi connectivity index (χ1) is 13.7. The summed E-state index contributed by atoms with van der Waals surface area (Å²) in [5, 5.41) is 8.57. The van der Waals surface area contributed by atoms with Gasteiger partial charge in [-0.15, -0.1) is 5.10 Å². The van der Waals surface area contributed by atoms with Crippen LogP contribution in [0.1, 0.15) is 11.1 Å². The highest BCUT2D eigenvalue weighted by molar-refractivity contribution is 8.13. The summed E-state index contributed by atoms with van der Waals surface area (Å²) in [7, 11) is 1.62. The van der Waals surface area contributed by atoms with Crippen LogP contribution in [-0.4, -0.2) is 18.5 Å². The molecule has 0 aliphatic rings. The molecule has 142 valence electrons. The van der Waals surface area contributed by atoms with E-state index in [1.165, 1.54) is 17.3 Å². The van der Waals surface area contributed by atoms with Crippen molar-refractivity contribution in [3.8, 4) is 17.2 Å². The number of nitrogens with zero attached hydrogens (tertiary/aromatic N) is 2. The van der Waals surface area contributed by atoms with Gasteiger partial charge in [-0.3, -0.25) is 0 Å². The number of nitrogens with two attached hydrogens (primary N) is 1. The van der Waals surface area contributed by atoms with Crippen molar-refractivity contribution in [2.24, 2.45) is 15.9 Å². The van der Waals surface area contributed by atoms with Crippen LogP contribution in [0.4, 0.5) is 0 Å². The second kappa shape index (κ2) is 10.2. The van der Waals surface area contributed by atoms with Crippen molar-refractivity contribution in [2.45, 2.75) is 5.75 Å². The van der Waals surface area contributed by atoms with Crippen LogP contribution in [0.3, 0.4) is 0 Å². The first kappa shape index (κ1) is 19.5. The van der Waals surface area contributed by atoms with Gasteiger partial charge in [0.2, 0.25) is 0 Å². The molecule has 0 spiro atoms. The molecule has 0 aromatic heterocycles. The number of rotatable bonds is 7. The summed E-state index contributed by atoms with van der Waals surface area (Å²) in [6.07, 6.45) is 1.63. The summed E-state index contributed by atoms with van der Waals surface area (Å²) in [5.41, 5.74) is 7.92. The smallest absolute Gasteiger partial charge is 0.180 e. The maximum atomic E-state index is 5.96. The van der Waals surface area contributed by atoms with Crippen LogP contribution in [0.25, 0.3) is 0 Å². The molecule has 0 saturated carbocycles. The summed E-state index contributed by atoms with van der Waals surface area (Å²) < 4.78 is 11.2. The molecule has 0 bridgehead atoms. The molecule has 0 aliphatic heterocycles. The standard InChI is InChI=1S/C22H21N3O2S/c1-26-19-11-7-12-20(14-19)27-21-13-6-5-10-18(21)15-24-25-22(23)28-16-17-8-3-2-4-9-17/h2-15H,16H2,1H3,(H2,23,25). The highest BCUT2D eigenvalue weighted by atomic mass is 32.2. The normalized spacial score (nSPS) is 11.5. The molecule has 0 saturated heterocycles. The molecule has 3 aromatic carbocycles. The molecule has 2 N–H and O–H groups in total. The van der Waals surface area contributed by atoms with E-state index < -0.39 is 0 Å². The SMILES string of the molecule is COc1cccc(Oc2ccccc2C=NN=C(N)SCc2ccccc2)c1. The summed E-state index contributed by atoms with van der Waals surface area (Å²) in [6.45, 7) is 0. The Morgan fingerprint density at radius 1 is 0.964 bits per heavy atom. The molecule has 6 heteroatoms. The second-order valence-electron chi connectivity index (χ2n) is 5.78. The minimum absolute atomic E-state index is 0.409. The first-order valence-corrected chi connectivity index (χ1v) is 9.67. The van der Waals surface area contributed by atoms with Gasteiger partial charge in [-0.1, -0.05) is 60.3 Å². The zero-order chi connectivity index (χ0) is 19.6. The summed E-state index contributed by atoms with van der Waals surface area (Å²) >= 11 is 1.44. The van der Waals surface area contributed by atoms with E-state index in [4.69, 9.17) is 15.2 Å². The van der Waals surface area contributed by atoms with Crippen molar-refractivity contribution >= 4 is 23.1 Å². The van der Waals surface area contributed by atoms with Crippen LogP contribution in [0, 0.1) is 0 Å². The molecule has 28 heavy (non-hydrogen) atoms. The molecule has 0 amide bonds. The highest BCUT2D eigenvalue weighted by Gasteiger charge is 2.04. The van der Waals surface area contributed by atoms with E-state index in [-0.39, 0.29) is 0 Å². The molecular weight excluding hydrogens is 370 g/mol. The largest absolute Gasteiger partial charge is 0.497 e. The van der Waals surface area contributed by atoms with E-state index in [2.05, 4.69) is 22.3 Å². The Morgan fingerprint density at radius 3 is 2.54 bits per heavy atom. The maximum absolute atomic E-state index is 5.96. The third-order valence-electron chi connectivity index (χ3n) is 3.77. The lowest BCUT2D eigenvalue weighted by atomic mass is 10.2. The number of amidine groups is 1. The Kier molecular flexibility index (Phi) is 7.09. The molecule has 3 rings (SSSR count). The van der Waals surface area contributed by atoms with Gasteiger partial charge in [0, 0.05) is 17.4 Å². The van der Waals surface area contributed by atoms with Crippen molar-refractivity contribution in [1.29, 1.82) is 0 Å². The van der Waals surface area contributed by atoms with Crippen LogP contribution in [0.15, 0.2) is 89.1 Å². The topological polar surface area (TPSA) is 69.2 Å². The quantitative estimate of drug-likeness (QED) is 0.347. The maximum Gasteiger partial charge on any atom is 0.180 e. The van der Waals surface area contributed by atoms with E-state index in [1.54, 1.807) is 13.3 Å². The third kappa shape index (κ3) is 5.89. The number of hydrogen-bond acceptors (Lipinski definition) is 5. The van der Waals surface area contributed by atoms with Crippen LogP contribution in [0.5, 0.6) is 17.2 Å². The zero-order valence-corrected chi connectivity index (χ0v) is 16.3. The number of hydrogen-bond donors (Lipinski definition) is 1. The summed E-state index contributed by atoms with van der Waals surface area (Å²) in [6, 6.07) is 25.1. The van der Waals surface area contributed by atoms with Gasteiger partial charge in [-0.2, -0.15) is 5.10 Å². The van der Waals surface area contributed by atoms with Crippen molar-refractivity contribution < 1.29 is 9.47 Å². The number of thioether (sulfide) groups is 1. The van der Waals surface area contributed by atoms with E-state index >= 15 is 0 Å². The van der Waals surface area contributed by atoms with Crippen molar-refractivity contribution in [3.05, 3.63) is 90.0 Å². The summed E-state index contributed by atoms with van der Waals surface area (Å²) in [5.74, 6) is 2.84. The molecular formula is C22H21N3O2S. The predicted molar refractivity (Wildman–Crippen MR) is 116 cm³/mol. The van der Waals surface area contributed by atoms with Crippen LogP contribution in [0.2, 0.25) is 0 Å². The number of benzene rings is 3. The van der Waals surface area contributed by atoms with Gasteiger partial charge in [0.25, 0.3) is 0 Å². The third-order valence-corrected chi connectivity index (χ3v) is 4.63. The lowest BCUT2D eigenvalue weighted by molar-refractivity contribution is 0.409. The van der Waals surface area contributed by atoms with Gasteiger partial charge in [0.1, 0.15) is 17.2 Å². The number of ether oxygens (including phenoxy) is 2. The Balaban J connectivity index is 1.65. The van der Waals surface area contributed by atoms with Gasteiger partial charge < -0.3 is 15.2 Å². The lowest BCUT2D eigenvalue weighted by Crippen LogP contribution is -2.06. The van der Waals surface area contributed by atoms with Crippen molar-refractivity contribution in [1.82, 2.24) is 0 Å². The van der Waals surface area contributed by atoms with E-state index in [0.717, 1.165) is 17.1 Å². The van der Waals surface area contributed by atoms with Crippen molar-refractivity contribution in [2.75, 3.05) is 7.11 Å². The van der Waals surface area contributed by atoms with Gasteiger partial charge in [-0.05, 0) is 29.8 Å². The Labute approximate surface area is 168 Å². The van der Waals surface area contributed by atoms with Crippen LogP contribution >= 0.6 is 11.8 Å². The molecule has 3 aromatic rings. The fourth-order valence-corrected chi connectivity index (χ4v) is 2.99. The molecule has 0 aliphatic carbocycles. The minimum Gasteiger partial charge on any atom is -0.497 e. The molecule has 0 radical (unpaired) electrons. The highest BCUT2D eigenvalue weighted by Crippen LogP contribution is 2.27. The van der Waals surface area contributed by atoms with Crippen LogP contribution < -0.4 is 15.2 Å². The molecule has 0 fully saturated rings.